The lowest BCUT2D eigenvalue weighted by Crippen LogP contribution is -1.92. The molecule has 0 amide bonds. The van der Waals surface area contributed by atoms with Crippen LogP contribution in [-0.2, 0) is 6.42 Å². The Labute approximate surface area is 265 Å². The molecule has 0 spiro atoms. The summed E-state index contributed by atoms with van der Waals surface area (Å²) >= 11 is 0. The van der Waals surface area contributed by atoms with Crippen molar-refractivity contribution in [3.05, 3.63) is 181 Å². The molecule has 1 aliphatic rings. The normalized spacial score (nSPS) is 14.1. The average molecular weight is 575 g/mol. The summed E-state index contributed by atoms with van der Waals surface area (Å²) in [5.41, 5.74) is 7.78. The fourth-order valence-corrected chi connectivity index (χ4v) is 6.99. The summed E-state index contributed by atoms with van der Waals surface area (Å²) in [4.78, 5) is 0. The van der Waals surface area contributed by atoms with Gasteiger partial charge >= 0.3 is 0 Å². The molecule has 7 aromatic carbocycles. The molecule has 0 heteroatoms. The number of allylic oxidation sites excluding steroid dienone is 8. The third-order valence-electron chi connectivity index (χ3n) is 9.12. The summed E-state index contributed by atoms with van der Waals surface area (Å²) in [6, 6.07) is 47.2. The first-order chi connectivity index (χ1) is 22.3. The van der Waals surface area contributed by atoms with Gasteiger partial charge in [0.05, 0.1) is 0 Å². The lowest BCUT2D eigenvalue weighted by atomic mass is 9.86. The van der Waals surface area contributed by atoms with Gasteiger partial charge in [0.25, 0.3) is 0 Å². The van der Waals surface area contributed by atoms with Crippen molar-refractivity contribution < 1.29 is 0 Å². The van der Waals surface area contributed by atoms with E-state index in [0.717, 1.165) is 19.3 Å². The average Bonchev–Trinajstić information content (AvgIpc) is 3.12. The van der Waals surface area contributed by atoms with Gasteiger partial charge in [-0.3, -0.25) is 0 Å². The standard InChI is InChI=1S/C45H34/c1-4-16-32(17-5-1)18-6-2-7-19-33-28-35(34-20-8-3-9-21-34)30-36(29-33)43-31-44-39-24-11-10-22-37(39)38-23-12-14-26-41(38)45(44)42-27-15-13-25-40(42)43/h1-6,8-16,18,20-31H,7,17,19H2/b6-2-,32-18-. The summed E-state index contributed by atoms with van der Waals surface area (Å²) in [7, 11) is 0. The first-order valence-electron chi connectivity index (χ1n) is 16.0. The Hall–Kier alpha value is -5.46. The SMILES string of the molecule is C1=CC/C(=C\C=C/CCc2cc(-c3ccccc3)cc(-c3cc4c5ccccc5c5ccccc5c4c4ccccc34)c2)C=C1. The van der Waals surface area contributed by atoms with Crippen LogP contribution in [0.25, 0.3) is 65.3 Å². The highest BCUT2D eigenvalue weighted by Crippen LogP contribution is 2.43. The second-order valence-corrected chi connectivity index (χ2v) is 12.0. The van der Waals surface area contributed by atoms with E-state index in [1.807, 2.05) is 0 Å². The molecule has 0 aliphatic heterocycles. The van der Waals surface area contributed by atoms with Crippen LogP contribution in [-0.4, -0.2) is 0 Å². The molecular formula is C45H34. The lowest BCUT2D eigenvalue weighted by Gasteiger charge is -2.17. The van der Waals surface area contributed by atoms with Crippen LogP contribution in [0.1, 0.15) is 18.4 Å². The van der Waals surface area contributed by atoms with E-state index in [4.69, 9.17) is 0 Å². The summed E-state index contributed by atoms with van der Waals surface area (Å²) in [5.74, 6) is 0. The molecule has 214 valence electrons. The van der Waals surface area contributed by atoms with Crippen LogP contribution in [0.15, 0.2) is 175 Å². The minimum atomic E-state index is 0.988. The van der Waals surface area contributed by atoms with Gasteiger partial charge in [0.1, 0.15) is 0 Å². The third-order valence-corrected chi connectivity index (χ3v) is 9.12. The second kappa shape index (κ2) is 11.9. The van der Waals surface area contributed by atoms with Gasteiger partial charge in [-0.15, -0.1) is 0 Å². The number of hydrogen-bond acceptors (Lipinski definition) is 0. The molecule has 0 unspecified atom stereocenters. The minimum absolute atomic E-state index is 0.988. The molecule has 45 heavy (non-hydrogen) atoms. The number of rotatable bonds is 6. The Bertz CT molecular complexity index is 2330. The summed E-state index contributed by atoms with van der Waals surface area (Å²) in [5, 5.41) is 10.5. The van der Waals surface area contributed by atoms with Crippen molar-refractivity contribution in [1.29, 1.82) is 0 Å². The van der Waals surface area contributed by atoms with E-state index in [9.17, 15) is 0 Å². The summed E-state index contributed by atoms with van der Waals surface area (Å²) in [6.45, 7) is 0. The molecule has 0 radical (unpaired) electrons. The molecule has 0 aromatic heterocycles. The molecular weight excluding hydrogens is 540 g/mol. The molecule has 0 bridgehead atoms. The van der Waals surface area contributed by atoms with Gasteiger partial charge in [0.2, 0.25) is 0 Å². The quantitative estimate of drug-likeness (QED) is 0.173. The highest BCUT2D eigenvalue weighted by Gasteiger charge is 2.16. The second-order valence-electron chi connectivity index (χ2n) is 12.0. The molecule has 1 aliphatic carbocycles. The minimum Gasteiger partial charge on any atom is -0.0842 e. The Morgan fingerprint density at radius 3 is 1.87 bits per heavy atom. The monoisotopic (exact) mass is 574 g/mol. The van der Waals surface area contributed by atoms with Gasteiger partial charge in [0, 0.05) is 0 Å². The zero-order valence-electron chi connectivity index (χ0n) is 25.3. The Morgan fingerprint density at radius 1 is 0.511 bits per heavy atom. The first-order valence-corrected chi connectivity index (χ1v) is 16.0. The van der Waals surface area contributed by atoms with E-state index < -0.39 is 0 Å². The molecule has 0 nitrogen and oxygen atoms in total. The Morgan fingerprint density at radius 2 is 1.13 bits per heavy atom. The van der Waals surface area contributed by atoms with Gasteiger partial charge < -0.3 is 0 Å². The molecule has 0 atom stereocenters. The molecule has 0 N–H and O–H groups in total. The van der Waals surface area contributed by atoms with Crippen LogP contribution in [0.4, 0.5) is 0 Å². The van der Waals surface area contributed by atoms with Crippen molar-refractivity contribution in [2.45, 2.75) is 19.3 Å². The Kier molecular flexibility index (Phi) is 7.17. The summed E-state index contributed by atoms with van der Waals surface area (Å²) in [6.07, 6.45) is 18.4. The maximum Gasteiger partial charge on any atom is -0.00199 e. The van der Waals surface area contributed by atoms with Crippen LogP contribution < -0.4 is 0 Å². The van der Waals surface area contributed by atoms with Crippen molar-refractivity contribution in [2.75, 3.05) is 0 Å². The van der Waals surface area contributed by atoms with Gasteiger partial charge in [-0.1, -0.05) is 158 Å². The van der Waals surface area contributed by atoms with Crippen molar-refractivity contribution in [1.82, 2.24) is 0 Å². The van der Waals surface area contributed by atoms with E-state index in [2.05, 4.69) is 170 Å². The van der Waals surface area contributed by atoms with Crippen molar-refractivity contribution in [2.24, 2.45) is 0 Å². The molecule has 7 aromatic rings. The fourth-order valence-electron chi connectivity index (χ4n) is 6.99. The van der Waals surface area contributed by atoms with Gasteiger partial charge in [-0.2, -0.15) is 0 Å². The van der Waals surface area contributed by atoms with Crippen LogP contribution in [0.3, 0.4) is 0 Å². The molecule has 0 saturated carbocycles. The number of benzene rings is 7. The highest BCUT2D eigenvalue weighted by atomic mass is 14.2. The first kappa shape index (κ1) is 27.1. The largest absolute Gasteiger partial charge is 0.0842 e. The maximum atomic E-state index is 2.46. The van der Waals surface area contributed by atoms with Crippen LogP contribution >= 0.6 is 0 Å². The molecule has 0 saturated heterocycles. The fraction of sp³-hybridized carbons (Fsp3) is 0.0667. The third kappa shape index (κ3) is 5.19. The van der Waals surface area contributed by atoms with E-state index in [1.54, 1.807) is 0 Å². The van der Waals surface area contributed by atoms with E-state index >= 15 is 0 Å². The number of fused-ring (bicyclic) bond motifs is 8. The van der Waals surface area contributed by atoms with Crippen LogP contribution in [0, 0.1) is 0 Å². The van der Waals surface area contributed by atoms with Crippen molar-refractivity contribution in [3.8, 4) is 22.3 Å². The van der Waals surface area contributed by atoms with Crippen LogP contribution in [0.5, 0.6) is 0 Å². The number of hydrogen-bond donors (Lipinski definition) is 0. The van der Waals surface area contributed by atoms with E-state index in [1.165, 1.54) is 76.5 Å². The highest BCUT2D eigenvalue weighted by molar-refractivity contribution is 6.33. The van der Waals surface area contributed by atoms with Gasteiger partial charge in [0.15, 0.2) is 0 Å². The van der Waals surface area contributed by atoms with E-state index in [-0.39, 0.29) is 0 Å². The van der Waals surface area contributed by atoms with Gasteiger partial charge in [-0.05, 0) is 108 Å². The summed E-state index contributed by atoms with van der Waals surface area (Å²) < 4.78 is 0. The maximum absolute atomic E-state index is 2.46. The molecule has 0 heterocycles. The molecule has 8 rings (SSSR count). The Balaban J connectivity index is 1.31. The lowest BCUT2D eigenvalue weighted by molar-refractivity contribution is 1.00. The molecule has 0 fully saturated rings. The van der Waals surface area contributed by atoms with Gasteiger partial charge in [-0.25, -0.2) is 0 Å². The smallest absolute Gasteiger partial charge is 0.00199 e. The van der Waals surface area contributed by atoms with E-state index in [0.29, 0.717) is 0 Å². The van der Waals surface area contributed by atoms with Crippen LogP contribution in [0.2, 0.25) is 0 Å². The zero-order chi connectivity index (χ0) is 30.0. The predicted molar refractivity (Wildman–Crippen MR) is 196 cm³/mol. The number of aryl methyl sites for hydroxylation is 1. The van der Waals surface area contributed by atoms with Crippen molar-refractivity contribution in [3.63, 3.8) is 0 Å². The topological polar surface area (TPSA) is 0 Å². The van der Waals surface area contributed by atoms with Crippen molar-refractivity contribution >= 4 is 43.1 Å². The zero-order valence-corrected chi connectivity index (χ0v) is 25.3. The predicted octanol–water partition coefficient (Wildman–Crippen LogP) is 12.6.